The van der Waals surface area contributed by atoms with Crippen LogP contribution in [0.15, 0.2) is 40.6 Å². The third-order valence-electron chi connectivity index (χ3n) is 2.52. The maximum absolute atomic E-state index is 4.20. The molecule has 0 spiro atoms. The lowest BCUT2D eigenvalue weighted by Gasteiger charge is -2.08. The predicted octanol–water partition coefficient (Wildman–Crippen LogP) is 2.46. The standard InChI is InChI=1S/C13H18N4S/c1-10(2)14-8-11-4-6-12(7-5-11)18-13-15-9-16-17(13)3/h4-7,9-10,14H,8H2,1-3H3. The molecule has 4 nitrogen and oxygen atoms in total. The molecule has 5 heteroatoms. The molecule has 0 saturated carbocycles. The second kappa shape index (κ2) is 6.02. The average molecular weight is 262 g/mol. The number of nitrogens with zero attached hydrogens (tertiary/aromatic N) is 3. The van der Waals surface area contributed by atoms with E-state index in [0.717, 1.165) is 11.7 Å². The van der Waals surface area contributed by atoms with Crippen LogP contribution in [-0.4, -0.2) is 20.8 Å². The smallest absolute Gasteiger partial charge is 0.190 e. The molecule has 0 aliphatic heterocycles. The Hall–Kier alpha value is -1.33. The highest BCUT2D eigenvalue weighted by molar-refractivity contribution is 7.99. The first-order valence-electron chi connectivity index (χ1n) is 5.99. The summed E-state index contributed by atoms with van der Waals surface area (Å²) >= 11 is 1.62. The van der Waals surface area contributed by atoms with Crippen LogP contribution in [0.25, 0.3) is 0 Å². The van der Waals surface area contributed by atoms with Crippen molar-refractivity contribution in [3.05, 3.63) is 36.2 Å². The molecule has 0 aliphatic rings. The Morgan fingerprint density at radius 3 is 2.56 bits per heavy atom. The summed E-state index contributed by atoms with van der Waals surface area (Å²) in [6.07, 6.45) is 1.57. The van der Waals surface area contributed by atoms with Crippen LogP contribution in [0.5, 0.6) is 0 Å². The van der Waals surface area contributed by atoms with Crippen molar-refractivity contribution in [2.45, 2.75) is 36.5 Å². The van der Waals surface area contributed by atoms with E-state index in [-0.39, 0.29) is 0 Å². The molecule has 0 unspecified atom stereocenters. The van der Waals surface area contributed by atoms with E-state index in [1.54, 1.807) is 22.8 Å². The molecule has 0 radical (unpaired) electrons. The maximum Gasteiger partial charge on any atom is 0.190 e. The average Bonchev–Trinajstić information content (AvgIpc) is 2.74. The lowest BCUT2D eigenvalue weighted by Crippen LogP contribution is -2.21. The molecule has 0 amide bonds. The zero-order chi connectivity index (χ0) is 13.0. The highest BCUT2D eigenvalue weighted by Crippen LogP contribution is 2.25. The van der Waals surface area contributed by atoms with Crippen LogP contribution in [0.4, 0.5) is 0 Å². The number of aromatic nitrogens is 3. The second-order valence-electron chi connectivity index (χ2n) is 4.45. The first kappa shape index (κ1) is 13.1. The lowest BCUT2D eigenvalue weighted by atomic mass is 10.2. The first-order chi connectivity index (χ1) is 8.65. The number of hydrogen-bond acceptors (Lipinski definition) is 4. The fourth-order valence-corrected chi connectivity index (χ4v) is 2.24. The Bertz CT molecular complexity index is 490. The van der Waals surface area contributed by atoms with E-state index in [4.69, 9.17) is 0 Å². The summed E-state index contributed by atoms with van der Waals surface area (Å²) in [5.41, 5.74) is 1.30. The molecule has 0 fully saturated rings. The largest absolute Gasteiger partial charge is 0.310 e. The molecule has 2 aromatic rings. The molecule has 0 saturated heterocycles. The van der Waals surface area contributed by atoms with Crippen LogP contribution in [-0.2, 0) is 13.6 Å². The molecule has 0 aliphatic carbocycles. The fourth-order valence-electron chi connectivity index (χ4n) is 1.48. The molecule has 0 atom stereocenters. The van der Waals surface area contributed by atoms with Crippen molar-refractivity contribution in [1.82, 2.24) is 20.1 Å². The number of rotatable bonds is 5. The van der Waals surface area contributed by atoms with Crippen molar-refractivity contribution in [2.24, 2.45) is 7.05 Å². The van der Waals surface area contributed by atoms with Gasteiger partial charge in [0.2, 0.25) is 0 Å². The van der Waals surface area contributed by atoms with Gasteiger partial charge in [-0.1, -0.05) is 37.7 Å². The minimum Gasteiger partial charge on any atom is -0.310 e. The number of nitrogens with one attached hydrogen (secondary N) is 1. The molecule has 1 heterocycles. The minimum atomic E-state index is 0.512. The summed E-state index contributed by atoms with van der Waals surface area (Å²) in [6, 6.07) is 9.05. The molecular formula is C13H18N4S. The van der Waals surface area contributed by atoms with Crippen LogP contribution in [0.2, 0.25) is 0 Å². The van der Waals surface area contributed by atoms with E-state index < -0.39 is 0 Å². The van der Waals surface area contributed by atoms with Crippen LogP contribution in [0.1, 0.15) is 19.4 Å². The first-order valence-corrected chi connectivity index (χ1v) is 6.81. The van der Waals surface area contributed by atoms with Gasteiger partial charge in [0.1, 0.15) is 6.33 Å². The zero-order valence-electron chi connectivity index (χ0n) is 10.9. The Morgan fingerprint density at radius 1 is 1.28 bits per heavy atom. The van der Waals surface area contributed by atoms with E-state index in [0.29, 0.717) is 6.04 Å². The van der Waals surface area contributed by atoms with Crippen LogP contribution in [0.3, 0.4) is 0 Å². The SMILES string of the molecule is CC(C)NCc1ccc(Sc2ncnn2C)cc1. The molecule has 0 bridgehead atoms. The normalized spacial score (nSPS) is 11.1. The summed E-state index contributed by atoms with van der Waals surface area (Å²) in [7, 11) is 1.90. The van der Waals surface area contributed by atoms with E-state index in [1.807, 2.05) is 7.05 Å². The Balaban J connectivity index is 1.97. The van der Waals surface area contributed by atoms with E-state index in [2.05, 4.69) is 53.5 Å². The van der Waals surface area contributed by atoms with Gasteiger partial charge in [-0.15, -0.1) is 0 Å². The molecule has 2 rings (SSSR count). The van der Waals surface area contributed by atoms with Crippen LogP contribution >= 0.6 is 11.8 Å². The molecule has 1 aromatic heterocycles. The van der Waals surface area contributed by atoms with Gasteiger partial charge in [-0.2, -0.15) is 5.10 Å². The van der Waals surface area contributed by atoms with Gasteiger partial charge in [0.15, 0.2) is 5.16 Å². The molecule has 96 valence electrons. The van der Waals surface area contributed by atoms with Gasteiger partial charge >= 0.3 is 0 Å². The molecule has 1 aromatic carbocycles. The fraction of sp³-hybridized carbons (Fsp3) is 0.385. The van der Waals surface area contributed by atoms with Crippen molar-refractivity contribution >= 4 is 11.8 Å². The number of aryl methyl sites for hydroxylation is 1. The van der Waals surface area contributed by atoms with E-state index in [9.17, 15) is 0 Å². The van der Waals surface area contributed by atoms with E-state index >= 15 is 0 Å². The maximum atomic E-state index is 4.20. The van der Waals surface area contributed by atoms with Gasteiger partial charge in [-0.25, -0.2) is 9.67 Å². The van der Waals surface area contributed by atoms with Crippen molar-refractivity contribution in [2.75, 3.05) is 0 Å². The third-order valence-corrected chi connectivity index (χ3v) is 3.58. The Labute approximate surface area is 112 Å². The summed E-state index contributed by atoms with van der Waals surface area (Å²) in [4.78, 5) is 5.38. The predicted molar refractivity (Wildman–Crippen MR) is 73.5 cm³/mol. The van der Waals surface area contributed by atoms with Gasteiger partial charge in [-0.05, 0) is 17.7 Å². The Morgan fingerprint density at radius 2 is 2.00 bits per heavy atom. The minimum absolute atomic E-state index is 0.512. The summed E-state index contributed by atoms with van der Waals surface area (Å²) < 4.78 is 1.78. The third kappa shape index (κ3) is 3.58. The van der Waals surface area contributed by atoms with E-state index in [1.165, 1.54) is 10.5 Å². The molecule has 1 N–H and O–H groups in total. The summed E-state index contributed by atoms with van der Waals surface area (Å²) in [5.74, 6) is 0. The molecule has 18 heavy (non-hydrogen) atoms. The summed E-state index contributed by atoms with van der Waals surface area (Å²) in [6.45, 7) is 5.21. The van der Waals surface area contributed by atoms with Crippen molar-refractivity contribution in [1.29, 1.82) is 0 Å². The Kier molecular flexibility index (Phi) is 4.38. The van der Waals surface area contributed by atoms with Crippen molar-refractivity contribution in [3.63, 3.8) is 0 Å². The highest BCUT2D eigenvalue weighted by atomic mass is 32.2. The zero-order valence-corrected chi connectivity index (χ0v) is 11.7. The quantitative estimate of drug-likeness (QED) is 0.899. The molecular weight excluding hydrogens is 244 g/mol. The van der Waals surface area contributed by atoms with Gasteiger partial charge < -0.3 is 5.32 Å². The monoisotopic (exact) mass is 262 g/mol. The topological polar surface area (TPSA) is 42.7 Å². The van der Waals surface area contributed by atoms with Gasteiger partial charge in [0, 0.05) is 24.5 Å². The van der Waals surface area contributed by atoms with Crippen LogP contribution in [0, 0.1) is 0 Å². The number of hydrogen-bond donors (Lipinski definition) is 1. The lowest BCUT2D eigenvalue weighted by molar-refractivity contribution is 0.588. The van der Waals surface area contributed by atoms with Gasteiger partial charge in [0.25, 0.3) is 0 Å². The second-order valence-corrected chi connectivity index (χ2v) is 5.49. The summed E-state index contributed by atoms with van der Waals surface area (Å²) in [5, 5.41) is 8.36. The van der Waals surface area contributed by atoms with Gasteiger partial charge in [-0.3, -0.25) is 0 Å². The number of benzene rings is 1. The van der Waals surface area contributed by atoms with Gasteiger partial charge in [0.05, 0.1) is 0 Å². The van der Waals surface area contributed by atoms with Crippen LogP contribution < -0.4 is 5.32 Å². The van der Waals surface area contributed by atoms with Crippen molar-refractivity contribution in [3.8, 4) is 0 Å². The van der Waals surface area contributed by atoms with Crippen molar-refractivity contribution < 1.29 is 0 Å². The highest BCUT2D eigenvalue weighted by Gasteiger charge is 2.03.